The Morgan fingerprint density at radius 1 is 1.16 bits per heavy atom. The maximum Gasteiger partial charge on any atom is 0.256 e. The van der Waals surface area contributed by atoms with Crippen molar-refractivity contribution in [1.29, 1.82) is 0 Å². The van der Waals surface area contributed by atoms with Crippen LogP contribution in [0.2, 0.25) is 0 Å². The van der Waals surface area contributed by atoms with Crippen molar-refractivity contribution in [2.45, 2.75) is 38.3 Å². The highest BCUT2D eigenvalue weighted by atomic mass is 79.9. The quantitative estimate of drug-likeness (QED) is 0.559. The van der Waals surface area contributed by atoms with Crippen molar-refractivity contribution in [1.82, 2.24) is 5.32 Å². The number of hydrogen-bond acceptors (Lipinski definition) is 4. The molecule has 4 rings (SSSR count). The van der Waals surface area contributed by atoms with E-state index in [1.165, 1.54) is 29.7 Å². The summed E-state index contributed by atoms with van der Waals surface area (Å²) in [4.78, 5) is 14.2. The van der Waals surface area contributed by atoms with Gasteiger partial charge in [0.15, 0.2) is 0 Å². The fourth-order valence-electron chi connectivity index (χ4n) is 3.62. The number of ether oxygens (including phenoxy) is 1. The number of carbonyl (C=O) groups is 1. The van der Waals surface area contributed by atoms with Gasteiger partial charge in [-0.2, -0.15) is 0 Å². The summed E-state index contributed by atoms with van der Waals surface area (Å²) in [6.07, 6.45) is 5.40. The van der Waals surface area contributed by atoms with Gasteiger partial charge in [-0.05, 0) is 59.3 Å². The number of halogens is 2. The summed E-state index contributed by atoms with van der Waals surface area (Å²) in [5, 5.41) is 7.61. The molecule has 1 aliphatic carbocycles. The van der Waals surface area contributed by atoms with Crippen molar-refractivity contribution in [2.24, 2.45) is 0 Å². The molecular weight excluding hydrogens is 468 g/mol. The molecule has 0 spiro atoms. The van der Waals surface area contributed by atoms with Gasteiger partial charge in [-0.3, -0.25) is 4.79 Å². The molecule has 2 N–H and O–H groups in total. The number of anilines is 1. The van der Waals surface area contributed by atoms with Crippen molar-refractivity contribution in [2.75, 3.05) is 12.4 Å². The van der Waals surface area contributed by atoms with Gasteiger partial charge < -0.3 is 15.4 Å². The molecule has 0 saturated carbocycles. The Hall–Kier alpha value is -1.05. The Labute approximate surface area is 167 Å². The van der Waals surface area contributed by atoms with Gasteiger partial charge >= 0.3 is 0 Å². The molecule has 25 heavy (non-hydrogen) atoms. The minimum absolute atomic E-state index is 0.0105. The van der Waals surface area contributed by atoms with Crippen LogP contribution in [0.1, 0.15) is 51.8 Å². The predicted molar refractivity (Wildman–Crippen MR) is 108 cm³/mol. The average molecular weight is 486 g/mol. The summed E-state index contributed by atoms with van der Waals surface area (Å²) in [5.41, 5.74) is 3.00. The normalized spacial score (nSPS) is 19.3. The lowest BCUT2D eigenvalue weighted by Crippen LogP contribution is -2.38. The molecule has 1 aromatic heterocycles. The van der Waals surface area contributed by atoms with Gasteiger partial charge in [0.25, 0.3) is 5.91 Å². The van der Waals surface area contributed by atoms with E-state index in [1.54, 1.807) is 18.4 Å². The number of hydrogen-bond donors (Lipinski definition) is 2. The van der Waals surface area contributed by atoms with Crippen LogP contribution in [0.15, 0.2) is 21.1 Å². The number of rotatable bonds is 2. The molecule has 0 saturated heterocycles. The highest BCUT2D eigenvalue weighted by molar-refractivity contribution is 9.11. The van der Waals surface area contributed by atoms with E-state index in [1.807, 2.05) is 12.1 Å². The first-order valence-electron chi connectivity index (χ1n) is 8.33. The lowest BCUT2D eigenvalue weighted by Gasteiger charge is -2.28. The molecule has 0 unspecified atom stereocenters. The molecule has 7 heteroatoms. The summed E-state index contributed by atoms with van der Waals surface area (Å²) < 4.78 is 7.33. The first kappa shape index (κ1) is 17.4. The monoisotopic (exact) mass is 484 g/mol. The van der Waals surface area contributed by atoms with E-state index >= 15 is 0 Å². The Balaban J connectivity index is 1.75. The van der Waals surface area contributed by atoms with Crippen LogP contribution in [0.3, 0.4) is 0 Å². The fourth-order valence-corrected chi connectivity index (χ4v) is 6.36. The molecule has 0 fully saturated rings. The number of methoxy groups -OCH3 is 1. The molecule has 0 bridgehead atoms. The number of benzene rings is 1. The summed E-state index contributed by atoms with van der Waals surface area (Å²) in [6.45, 7) is 0. The number of amides is 1. The number of nitrogens with one attached hydrogen (secondary N) is 2. The maximum atomic E-state index is 12.9. The van der Waals surface area contributed by atoms with Crippen molar-refractivity contribution in [3.8, 4) is 5.75 Å². The lowest BCUT2D eigenvalue weighted by molar-refractivity contribution is 0.0935. The van der Waals surface area contributed by atoms with E-state index in [2.05, 4.69) is 42.5 Å². The third-order valence-electron chi connectivity index (χ3n) is 4.75. The predicted octanol–water partition coefficient (Wildman–Crippen LogP) is 5.40. The molecule has 2 aromatic rings. The van der Waals surface area contributed by atoms with Crippen LogP contribution in [0.5, 0.6) is 5.75 Å². The zero-order valence-corrected chi connectivity index (χ0v) is 17.7. The third kappa shape index (κ3) is 3.11. The SMILES string of the molecule is COc1c(Br)cc(Br)cc1[C@@H]1NC(=O)c2c(sc3c2CCCCC3)N1. The van der Waals surface area contributed by atoms with Crippen molar-refractivity contribution < 1.29 is 9.53 Å². The van der Waals surface area contributed by atoms with Gasteiger partial charge in [-0.1, -0.05) is 22.4 Å². The minimum atomic E-state index is -0.314. The van der Waals surface area contributed by atoms with Crippen LogP contribution in [-0.4, -0.2) is 13.0 Å². The summed E-state index contributed by atoms with van der Waals surface area (Å²) in [6, 6.07) is 3.91. The molecule has 4 nitrogen and oxygen atoms in total. The summed E-state index contributed by atoms with van der Waals surface area (Å²) >= 11 is 8.79. The highest BCUT2D eigenvalue weighted by Gasteiger charge is 2.33. The number of thiophene rings is 1. The van der Waals surface area contributed by atoms with Crippen molar-refractivity contribution in [3.63, 3.8) is 0 Å². The van der Waals surface area contributed by atoms with Crippen molar-refractivity contribution >= 4 is 54.1 Å². The zero-order chi connectivity index (χ0) is 17.6. The smallest absolute Gasteiger partial charge is 0.256 e. The van der Waals surface area contributed by atoms with Crippen molar-refractivity contribution in [3.05, 3.63) is 42.6 Å². The summed E-state index contributed by atoms with van der Waals surface area (Å²) in [7, 11) is 1.64. The molecule has 1 atom stereocenters. The van der Waals surface area contributed by atoms with Gasteiger partial charge in [0.1, 0.15) is 16.9 Å². The second-order valence-electron chi connectivity index (χ2n) is 6.33. The van der Waals surface area contributed by atoms with Crippen LogP contribution in [-0.2, 0) is 12.8 Å². The minimum Gasteiger partial charge on any atom is -0.495 e. The Morgan fingerprint density at radius 2 is 1.96 bits per heavy atom. The second kappa shape index (κ2) is 6.93. The first-order valence-corrected chi connectivity index (χ1v) is 10.7. The van der Waals surface area contributed by atoms with Crippen LogP contribution >= 0.6 is 43.2 Å². The van der Waals surface area contributed by atoms with Gasteiger partial charge in [0.05, 0.1) is 17.1 Å². The lowest BCUT2D eigenvalue weighted by atomic mass is 10.0. The maximum absolute atomic E-state index is 12.9. The molecule has 1 aromatic carbocycles. The molecular formula is C18H18Br2N2O2S. The van der Waals surface area contributed by atoms with E-state index in [0.717, 1.165) is 43.7 Å². The van der Waals surface area contributed by atoms with Crippen LogP contribution < -0.4 is 15.4 Å². The Kier molecular flexibility index (Phi) is 4.81. The molecule has 1 aliphatic heterocycles. The Morgan fingerprint density at radius 3 is 2.76 bits per heavy atom. The van der Waals surface area contributed by atoms with E-state index in [-0.39, 0.29) is 12.1 Å². The number of aryl methyl sites for hydroxylation is 1. The second-order valence-corrected chi connectivity index (χ2v) is 9.20. The molecule has 2 heterocycles. The molecule has 132 valence electrons. The van der Waals surface area contributed by atoms with Crippen LogP contribution in [0, 0.1) is 0 Å². The van der Waals surface area contributed by atoms with Gasteiger partial charge in [-0.25, -0.2) is 0 Å². The number of carbonyl (C=O) groups excluding carboxylic acids is 1. The van der Waals surface area contributed by atoms with Crippen LogP contribution in [0.25, 0.3) is 0 Å². The Bertz CT molecular complexity index is 850. The van der Waals surface area contributed by atoms with E-state index in [0.29, 0.717) is 0 Å². The third-order valence-corrected chi connectivity index (χ3v) is 7.02. The van der Waals surface area contributed by atoms with Gasteiger partial charge in [0.2, 0.25) is 0 Å². The highest BCUT2D eigenvalue weighted by Crippen LogP contribution is 2.43. The molecule has 1 amide bonds. The fraction of sp³-hybridized carbons (Fsp3) is 0.389. The van der Waals surface area contributed by atoms with Crippen LogP contribution in [0.4, 0.5) is 5.00 Å². The van der Waals surface area contributed by atoms with E-state index < -0.39 is 0 Å². The average Bonchev–Trinajstić information content (AvgIpc) is 2.76. The standard InChI is InChI=1S/C18H18Br2N2O2S/c1-24-15-11(7-9(19)8-12(15)20)16-21-17(23)14-10-5-3-2-4-6-13(10)25-18(14)22-16/h7-8,16,22H,2-6H2,1H3,(H,21,23)/t16-/m1/s1. The van der Waals surface area contributed by atoms with E-state index in [9.17, 15) is 4.79 Å². The largest absolute Gasteiger partial charge is 0.495 e. The van der Waals surface area contributed by atoms with E-state index in [4.69, 9.17) is 4.74 Å². The topological polar surface area (TPSA) is 50.4 Å². The van der Waals surface area contributed by atoms with Gasteiger partial charge in [-0.15, -0.1) is 11.3 Å². The molecule has 0 radical (unpaired) electrons. The van der Waals surface area contributed by atoms with Gasteiger partial charge in [0, 0.05) is 14.9 Å². The number of fused-ring (bicyclic) bond motifs is 3. The zero-order valence-electron chi connectivity index (χ0n) is 13.7. The summed E-state index contributed by atoms with van der Waals surface area (Å²) in [5.74, 6) is 0.735. The first-order chi connectivity index (χ1) is 12.1. The molecule has 2 aliphatic rings.